The minimum atomic E-state index is -4.56. The van der Waals surface area contributed by atoms with Crippen molar-refractivity contribution in [1.82, 2.24) is 9.88 Å². The van der Waals surface area contributed by atoms with E-state index in [0.717, 1.165) is 59.5 Å². The maximum absolute atomic E-state index is 14.0. The molecule has 7 heteroatoms. The summed E-state index contributed by atoms with van der Waals surface area (Å²) >= 11 is 0. The third-order valence-corrected chi connectivity index (χ3v) is 6.60. The molecule has 0 atom stereocenters. The van der Waals surface area contributed by atoms with Gasteiger partial charge in [0.15, 0.2) is 0 Å². The summed E-state index contributed by atoms with van der Waals surface area (Å²) < 4.78 is 41.9. The maximum Gasteiger partial charge on any atom is 0.416 e. The van der Waals surface area contributed by atoms with Crippen molar-refractivity contribution in [2.75, 3.05) is 18.4 Å². The summed E-state index contributed by atoms with van der Waals surface area (Å²) in [6.07, 6.45) is 0.697. The Labute approximate surface area is 221 Å². The largest absolute Gasteiger partial charge is 0.416 e. The van der Waals surface area contributed by atoms with Crippen molar-refractivity contribution in [1.29, 1.82) is 0 Å². The van der Waals surface area contributed by atoms with E-state index in [0.29, 0.717) is 5.69 Å². The van der Waals surface area contributed by atoms with Crippen LogP contribution in [0.2, 0.25) is 0 Å². The molecule has 198 valence electrons. The minimum Gasteiger partial charge on any atom is -0.322 e. The number of anilines is 1. The highest BCUT2D eigenvalue weighted by atomic mass is 19.4. The number of aromatic nitrogens is 1. The van der Waals surface area contributed by atoms with Gasteiger partial charge in [-0.1, -0.05) is 38.1 Å². The van der Waals surface area contributed by atoms with E-state index in [2.05, 4.69) is 10.3 Å². The van der Waals surface area contributed by atoms with Crippen LogP contribution >= 0.6 is 0 Å². The number of halogens is 3. The van der Waals surface area contributed by atoms with Crippen LogP contribution < -0.4 is 5.32 Å². The molecule has 0 saturated carbocycles. The van der Waals surface area contributed by atoms with Crippen LogP contribution in [0.1, 0.15) is 53.7 Å². The predicted molar refractivity (Wildman–Crippen MR) is 147 cm³/mol. The topological polar surface area (TPSA) is 45.2 Å². The molecule has 1 aromatic heterocycles. The van der Waals surface area contributed by atoms with E-state index in [1.807, 2.05) is 62.1 Å². The first-order chi connectivity index (χ1) is 18.2. The van der Waals surface area contributed by atoms with Crippen molar-refractivity contribution >= 4 is 22.4 Å². The second-order valence-corrected chi connectivity index (χ2v) is 9.57. The van der Waals surface area contributed by atoms with Crippen LogP contribution in [0.3, 0.4) is 0 Å². The normalized spacial score (nSPS) is 11.8. The van der Waals surface area contributed by atoms with Gasteiger partial charge in [0.1, 0.15) is 0 Å². The summed E-state index contributed by atoms with van der Waals surface area (Å²) in [6.45, 7) is 7.63. The van der Waals surface area contributed by atoms with Gasteiger partial charge in [-0.05, 0) is 96.9 Å². The number of rotatable bonds is 9. The van der Waals surface area contributed by atoms with E-state index in [4.69, 9.17) is 0 Å². The van der Waals surface area contributed by atoms with Crippen LogP contribution in [0.15, 0.2) is 73.1 Å². The molecular formula is C31H32F3N3O. The van der Waals surface area contributed by atoms with E-state index in [9.17, 15) is 18.0 Å². The molecule has 1 heterocycles. The van der Waals surface area contributed by atoms with Crippen molar-refractivity contribution in [2.45, 2.75) is 46.3 Å². The lowest BCUT2D eigenvalue weighted by Crippen LogP contribution is -2.26. The third kappa shape index (κ3) is 6.40. The lowest BCUT2D eigenvalue weighted by molar-refractivity contribution is -0.138. The Morgan fingerprint density at radius 3 is 2.39 bits per heavy atom. The number of aryl methyl sites for hydroxylation is 1. The summed E-state index contributed by atoms with van der Waals surface area (Å²) in [6, 6.07) is 17.3. The first-order valence-electron chi connectivity index (χ1n) is 12.9. The molecule has 0 aliphatic rings. The fraction of sp³-hybridized carbons (Fsp3) is 0.290. The average molecular weight is 520 g/mol. The van der Waals surface area contributed by atoms with Gasteiger partial charge >= 0.3 is 6.18 Å². The standard InChI is InChI=1S/C31H32F3N3O/c1-4-14-37(15-5-2)20-25-10-9-24(17-29(25)31(32,33)34)30(38)36-27-11-6-21(3)28(18-27)23-8-7-22-12-13-35-19-26(22)16-23/h6-13,16-19H,4-5,14-15,20H2,1-3H3,(H,36,38). The fourth-order valence-corrected chi connectivity index (χ4v) is 4.73. The van der Waals surface area contributed by atoms with Crippen LogP contribution in [-0.2, 0) is 12.7 Å². The Morgan fingerprint density at radius 2 is 1.68 bits per heavy atom. The van der Waals surface area contributed by atoms with Gasteiger partial charge in [0.2, 0.25) is 0 Å². The molecule has 4 aromatic rings. The zero-order valence-electron chi connectivity index (χ0n) is 21.9. The Balaban J connectivity index is 1.60. The van der Waals surface area contributed by atoms with Crippen LogP contribution in [0.4, 0.5) is 18.9 Å². The predicted octanol–water partition coefficient (Wildman–Crippen LogP) is 8.10. The van der Waals surface area contributed by atoms with Crippen LogP contribution in [0.5, 0.6) is 0 Å². The summed E-state index contributed by atoms with van der Waals surface area (Å²) in [5.74, 6) is -0.585. The van der Waals surface area contributed by atoms with Gasteiger partial charge < -0.3 is 5.32 Å². The monoisotopic (exact) mass is 519 g/mol. The number of carbonyl (C=O) groups excluding carboxylic acids is 1. The van der Waals surface area contributed by atoms with Crippen LogP contribution in [0.25, 0.3) is 21.9 Å². The molecular weight excluding hydrogens is 487 g/mol. The van der Waals surface area contributed by atoms with Crippen LogP contribution in [-0.4, -0.2) is 28.9 Å². The third-order valence-electron chi connectivity index (χ3n) is 6.60. The van der Waals surface area contributed by atoms with E-state index in [1.54, 1.807) is 18.5 Å². The number of nitrogens with zero attached hydrogens (tertiary/aromatic N) is 2. The van der Waals surface area contributed by atoms with E-state index in [-0.39, 0.29) is 17.7 Å². The molecule has 1 N–H and O–H groups in total. The highest BCUT2D eigenvalue weighted by Crippen LogP contribution is 2.34. The second kappa shape index (κ2) is 11.8. The summed E-state index contributed by atoms with van der Waals surface area (Å²) in [4.78, 5) is 19.2. The molecule has 3 aromatic carbocycles. The SMILES string of the molecule is CCCN(CCC)Cc1ccc(C(=O)Nc2ccc(C)c(-c3ccc4ccncc4c3)c2)cc1C(F)(F)F. The molecule has 0 spiro atoms. The molecule has 1 amide bonds. The number of nitrogens with one attached hydrogen (secondary N) is 1. The Hall–Kier alpha value is -3.71. The molecule has 38 heavy (non-hydrogen) atoms. The number of pyridine rings is 1. The number of hydrogen-bond acceptors (Lipinski definition) is 3. The average Bonchev–Trinajstić information content (AvgIpc) is 2.89. The number of fused-ring (bicyclic) bond motifs is 1. The van der Waals surface area contributed by atoms with E-state index in [1.165, 1.54) is 12.1 Å². The fourth-order valence-electron chi connectivity index (χ4n) is 4.73. The second-order valence-electron chi connectivity index (χ2n) is 9.57. The van der Waals surface area contributed by atoms with Gasteiger partial charge in [-0.2, -0.15) is 13.2 Å². The number of benzene rings is 3. The quantitative estimate of drug-likeness (QED) is 0.243. The summed E-state index contributed by atoms with van der Waals surface area (Å²) in [7, 11) is 0. The number of alkyl halides is 3. The molecule has 0 unspecified atom stereocenters. The molecule has 0 bridgehead atoms. The van der Waals surface area contributed by atoms with E-state index < -0.39 is 17.6 Å². The Morgan fingerprint density at radius 1 is 0.921 bits per heavy atom. The highest BCUT2D eigenvalue weighted by Gasteiger charge is 2.34. The Bertz CT molecular complexity index is 1430. The first kappa shape index (κ1) is 27.3. The lowest BCUT2D eigenvalue weighted by Gasteiger charge is -2.23. The number of hydrogen-bond donors (Lipinski definition) is 1. The van der Waals surface area contributed by atoms with Gasteiger partial charge in [-0.3, -0.25) is 14.7 Å². The molecule has 0 fully saturated rings. The van der Waals surface area contributed by atoms with Crippen molar-refractivity contribution in [3.05, 3.63) is 95.3 Å². The zero-order chi connectivity index (χ0) is 27.3. The van der Waals surface area contributed by atoms with Gasteiger partial charge in [0.25, 0.3) is 5.91 Å². The van der Waals surface area contributed by atoms with Crippen molar-refractivity contribution in [3.8, 4) is 11.1 Å². The van der Waals surface area contributed by atoms with Gasteiger partial charge in [0.05, 0.1) is 5.56 Å². The number of carbonyl (C=O) groups is 1. The molecule has 4 nitrogen and oxygen atoms in total. The van der Waals surface area contributed by atoms with E-state index >= 15 is 0 Å². The Kier molecular flexibility index (Phi) is 8.47. The summed E-state index contributed by atoms with van der Waals surface area (Å²) in [5.41, 5.74) is 2.79. The molecule has 0 aliphatic carbocycles. The zero-order valence-corrected chi connectivity index (χ0v) is 21.9. The van der Waals surface area contributed by atoms with Crippen LogP contribution in [0, 0.1) is 6.92 Å². The molecule has 0 radical (unpaired) electrons. The molecule has 4 rings (SSSR count). The molecule has 0 saturated heterocycles. The number of amides is 1. The van der Waals surface area contributed by atoms with Gasteiger partial charge in [-0.15, -0.1) is 0 Å². The maximum atomic E-state index is 14.0. The molecule has 0 aliphatic heterocycles. The van der Waals surface area contributed by atoms with Crippen molar-refractivity contribution < 1.29 is 18.0 Å². The highest BCUT2D eigenvalue weighted by molar-refractivity contribution is 6.05. The minimum absolute atomic E-state index is 0.0301. The van der Waals surface area contributed by atoms with Crippen molar-refractivity contribution in [3.63, 3.8) is 0 Å². The van der Waals surface area contributed by atoms with Crippen molar-refractivity contribution in [2.24, 2.45) is 0 Å². The van der Waals surface area contributed by atoms with Gasteiger partial charge in [0, 0.05) is 35.6 Å². The lowest BCUT2D eigenvalue weighted by atomic mass is 9.97. The first-order valence-corrected chi connectivity index (χ1v) is 12.9. The van der Waals surface area contributed by atoms with Gasteiger partial charge in [-0.25, -0.2) is 0 Å². The summed E-state index contributed by atoms with van der Waals surface area (Å²) in [5, 5.41) is 4.85. The smallest absolute Gasteiger partial charge is 0.322 e.